The van der Waals surface area contributed by atoms with Gasteiger partial charge in [-0.3, -0.25) is 13.9 Å². The fraction of sp³-hybridized carbons (Fsp3) is 0.259. The maximum atomic E-state index is 13.7. The summed E-state index contributed by atoms with van der Waals surface area (Å²) in [5, 5.41) is 2.73. The average Bonchev–Trinajstić information content (AvgIpc) is 2.90. The van der Waals surface area contributed by atoms with Crippen LogP contribution in [0.2, 0.25) is 5.02 Å². The number of rotatable bonds is 10. The number of nitrogens with zero attached hydrogens (tertiary/aromatic N) is 2. The van der Waals surface area contributed by atoms with E-state index >= 15 is 0 Å². The highest BCUT2D eigenvalue weighted by Gasteiger charge is 2.33. The minimum Gasteiger partial charge on any atom is -0.497 e. The zero-order chi connectivity index (χ0) is 27.2. The molecule has 0 saturated carbocycles. The highest BCUT2D eigenvalue weighted by Crippen LogP contribution is 2.31. The molecule has 0 saturated heterocycles. The van der Waals surface area contributed by atoms with Gasteiger partial charge in [0.2, 0.25) is 11.8 Å². The average molecular weight is 544 g/mol. The van der Waals surface area contributed by atoms with Gasteiger partial charge in [0.15, 0.2) is 0 Å². The molecule has 3 aromatic rings. The van der Waals surface area contributed by atoms with Crippen molar-refractivity contribution < 1.29 is 22.7 Å². The highest BCUT2D eigenvalue weighted by atomic mass is 35.5. The molecular formula is C27H30ClN3O5S. The van der Waals surface area contributed by atoms with Crippen molar-refractivity contribution in [2.45, 2.75) is 31.3 Å². The number of methoxy groups -OCH3 is 1. The van der Waals surface area contributed by atoms with Gasteiger partial charge in [-0.25, -0.2) is 8.42 Å². The maximum Gasteiger partial charge on any atom is 0.264 e. The van der Waals surface area contributed by atoms with Gasteiger partial charge >= 0.3 is 0 Å². The summed E-state index contributed by atoms with van der Waals surface area (Å²) >= 11 is 6.39. The third-order valence-electron chi connectivity index (χ3n) is 5.93. The maximum absolute atomic E-state index is 13.7. The standard InChI is InChI=1S/C27H30ClN3O5S/c1-19-9-15-23(16-10-19)37(34,35)31(25-8-6-5-7-24(25)28)18-26(32)30(20(2)27(33)29-3)17-21-11-13-22(36-4)14-12-21/h5-16,20H,17-18H2,1-4H3,(H,29,33)/t20-/m1/s1. The first-order valence-corrected chi connectivity index (χ1v) is 13.4. The second-order valence-electron chi connectivity index (χ2n) is 8.44. The summed E-state index contributed by atoms with van der Waals surface area (Å²) in [7, 11) is -1.14. The molecule has 0 unspecified atom stereocenters. The first-order valence-electron chi connectivity index (χ1n) is 11.6. The number of sulfonamides is 1. The zero-order valence-electron chi connectivity index (χ0n) is 21.1. The van der Waals surface area contributed by atoms with Crippen LogP contribution in [-0.2, 0) is 26.2 Å². The van der Waals surface area contributed by atoms with Gasteiger partial charge in [0.25, 0.3) is 10.0 Å². The van der Waals surface area contributed by atoms with Crippen molar-refractivity contribution in [3.8, 4) is 5.75 Å². The number of anilines is 1. The third kappa shape index (κ3) is 6.61. The number of carbonyl (C=O) groups excluding carboxylic acids is 2. The summed E-state index contributed by atoms with van der Waals surface area (Å²) in [6, 6.07) is 19.0. The molecule has 10 heteroatoms. The second kappa shape index (κ2) is 12.1. The molecule has 0 fully saturated rings. The third-order valence-corrected chi connectivity index (χ3v) is 8.03. The Bertz CT molecular complexity index is 1350. The van der Waals surface area contributed by atoms with E-state index in [2.05, 4.69) is 5.32 Å². The lowest BCUT2D eigenvalue weighted by atomic mass is 10.1. The van der Waals surface area contributed by atoms with Crippen LogP contribution in [0.3, 0.4) is 0 Å². The van der Waals surface area contributed by atoms with Crippen LogP contribution < -0.4 is 14.4 Å². The Morgan fingerprint density at radius 3 is 2.19 bits per heavy atom. The second-order valence-corrected chi connectivity index (χ2v) is 10.7. The van der Waals surface area contributed by atoms with Gasteiger partial charge in [-0.15, -0.1) is 0 Å². The van der Waals surface area contributed by atoms with Crippen LogP contribution in [0.15, 0.2) is 77.7 Å². The number of para-hydroxylation sites is 1. The van der Waals surface area contributed by atoms with E-state index in [0.717, 1.165) is 15.4 Å². The molecule has 3 rings (SSSR count). The van der Waals surface area contributed by atoms with E-state index in [1.807, 2.05) is 6.92 Å². The van der Waals surface area contributed by atoms with Crippen molar-refractivity contribution in [3.05, 3.63) is 88.9 Å². The normalized spacial score (nSPS) is 11.9. The van der Waals surface area contributed by atoms with Gasteiger partial charge in [-0.1, -0.05) is 53.6 Å². The number of hydrogen-bond acceptors (Lipinski definition) is 5. The lowest BCUT2D eigenvalue weighted by Crippen LogP contribution is -2.50. The Labute approximate surface area is 222 Å². The predicted molar refractivity (Wildman–Crippen MR) is 144 cm³/mol. The Morgan fingerprint density at radius 1 is 1.00 bits per heavy atom. The number of benzene rings is 3. The summed E-state index contributed by atoms with van der Waals surface area (Å²) in [5.41, 5.74) is 1.80. The first-order chi connectivity index (χ1) is 17.6. The fourth-order valence-corrected chi connectivity index (χ4v) is 5.44. The smallest absolute Gasteiger partial charge is 0.264 e. The molecular weight excluding hydrogens is 514 g/mol. The largest absolute Gasteiger partial charge is 0.497 e. The number of amides is 2. The SMILES string of the molecule is CNC(=O)[C@@H](C)N(Cc1ccc(OC)cc1)C(=O)CN(c1ccccc1Cl)S(=O)(=O)c1ccc(C)cc1. The van der Waals surface area contributed by atoms with E-state index in [4.69, 9.17) is 16.3 Å². The van der Waals surface area contributed by atoms with Crippen LogP contribution in [0.1, 0.15) is 18.1 Å². The quantitative estimate of drug-likeness (QED) is 0.417. The number of ether oxygens (including phenoxy) is 1. The van der Waals surface area contributed by atoms with Crippen molar-refractivity contribution in [1.82, 2.24) is 10.2 Å². The first kappa shape index (κ1) is 28.0. The van der Waals surface area contributed by atoms with Crippen molar-refractivity contribution >= 4 is 39.1 Å². The van der Waals surface area contributed by atoms with Gasteiger partial charge in [0, 0.05) is 13.6 Å². The fourth-order valence-electron chi connectivity index (χ4n) is 3.72. The molecule has 196 valence electrons. The van der Waals surface area contributed by atoms with E-state index in [1.165, 1.54) is 30.1 Å². The lowest BCUT2D eigenvalue weighted by molar-refractivity contribution is -0.139. The molecule has 0 aliphatic rings. The van der Waals surface area contributed by atoms with Crippen LogP contribution in [0.4, 0.5) is 5.69 Å². The van der Waals surface area contributed by atoms with E-state index in [1.54, 1.807) is 68.6 Å². The van der Waals surface area contributed by atoms with Crippen LogP contribution in [0.25, 0.3) is 0 Å². The molecule has 0 heterocycles. The van der Waals surface area contributed by atoms with E-state index in [0.29, 0.717) is 5.75 Å². The van der Waals surface area contributed by atoms with Gasteiger partial charge in [-0.05, 0) is 55.8 Å². The monoisotopic (exact) mass is 543 g/mol. The Kier molecular flexibility index (Phi) is 9.18. The number of carbonyl (C=O) groups is 2. The van der Waals surface area contributed by atoms with Crippen LogP contribution in [0.5, 0.6) is 5.75 Å². The number of hydrogen-bond donors (Lipinski definition) is 1. The molecule has 0 radical (unpaired) electrons. The van der Waals surface area contributed by atoms with Gasteiger partial charge in [0.1, 0.15) is 18.3 Å². The van der Waals surface area contributed by atoms with Gasteiger partial charge in [-0.2, -0.15) is 0 Å². The Hall–Kier alpha value is -3.56. The van der Waals surface area contributed by atoms with Crippen LogP contribution in [0, 0.1) is 6.92 Å². The van der Waals surface area contributed by atoms with E-state index in [9.17, 15) is 18.0 Å². The molecule has 37 heavy (non-hydrogen) atoms. The van der Waals surface area contributed by atoms with Gasteiger partial charge < -0.3 is 15.0 Å². The molecule has 0 aromatic heterocycles. The minimum atomic E-state index is -4.17. The molecule has 0 aliphatic carbocycles. The summed E-state index contributed by atoms with van der Waals surface area (Å²) in [6.45, 7) is 2.97. The number of nitrogens with one attached hydrogen (secondary N) is 1. The molecule has 2 amide bonds. The molecule has 1 N–H and O–H groups in total. The Balaban J connectivity index is 2.03. The summed E-state index contributed by atoms with van der Waals surface area (Å²) in [4.78, 5) is 27.6. The molecule has 0 aliphatic heterocycles. The minimum absolute atomic E-state index is 0.0203. The zero-order valence-corrected chi connectivity index (χ0v) is 22.7. The molecule has 1 atom stereocenters. The molecule has 0 spiro atoms. The van der Waals surface area contributed by atoms with Crippen LogP contribution in [-0.4, -0.2) is 51.9 Å². The highest BCUT2D eigenvalue weighted by molar-refractivity contribution is 7.92. The summed E-state index contributed by atoms with van der Waals surface area (Å²) < 4.78 is 33.7. The molecule has 0 bridgehead atoms. The van der Waals surface area contributed by atoms with E-state index in [-0.39, 0.29) is 28.1 Å². The number of halogens is 1. The van der Waals surface area contributed by atoms with Crippen LogP contribution >= 0.6 is 11.6 Å². The van der Waals surface area contributed by atoms with E-state index < -0.39 is 28.5 Å². The van der Waals surface area contributed by atoms with Gasteiger partial charge in [0.05, 0.1) is 22.7 Å². The molecule has 8 nitrogen and oxygen atoms in total. The van der Waals surface area contributed by atoms with Crippen molar-refractivity contribution in [2.24, 2.45) is 0 Å². The number of aryl methyl sites for hydroxylation is 1. The van der Waals surface area contributed by atoms with Crippen molar-refractivity contribution in [2.75, 3.05) is 25.0 Å². The summed E-state index contributed by atoms with van der Waals surface area (Å²) in [5.74, 6) is -0.301. The topological polar surface area (TPSA) is 96.0 Å². The summed E-state index contributed by atoms with van der Waals surface area (Å²) in [6.07, 6.45) is 0. The number of likely N-dealkylation sites (N-methyl/N-ethyl adjacent to an activating group) is 1. The Morgan fingerprint density at radius 2 is 1.62 bits per heavy atom. The van der Waals surface area contributed by atoms with Crippen molar-refractivity contribution in [3.63, 3.8) is 0 Å². The molecule has 3 aromatic carbocycles. The lowest BCUT2D eigenvalue weighted by Gasteiger charge is -2.32. The predicted octanol–water partition coefficient (Wildman–Crippen LogP) is 4.02. The van der Waals surface area contributed by atoms with Crippen molar-refractivity contribution in [1.29, 1.82) is 0 Å².